The van der Waals surface area contributed by atoms with Gasteiger partial charge in [-0.05, 0) is 68.2 Å². The van der Waals surface area contributed by atoms with Gasteiger partial charge in [-0.2, -0.15) is 0 Å². The van der Waals surface area contributed by atoms with E-state index in [1.54, 1.807) is 6.07 Å². The smallest absolute Gasteiger partial charge is 0.224 e. The minimum absolute atomic E-state index is 0.0261. The van der Waals surface area contributed by atoms with Crippen LogP contribution in [0.2, 0.25) is 0 Å². The third-order valence-electron chi connectivity index (χ3n) is 4.30. The van der Waals surface area contributed by atoms with Crippen LogP contribution in [0.3, 0.4) is 0 Å². The molecule has 0 atom stereocenters. The molecule has 4 heteroatoms. The Morgan fingerprint density at radius 2 is 1.76 bits per heavy atom. The molecule has 0 aliphatic rings. The SMILES string of the molecule is C=C(C)/C(=C\c1[nH]c(C)c(NC(=O)CC)c1C)c1cc(F)ccc1C.CC.CC. The molecule has 29 heavy (non-hydrogen) atoms. The number of benzene rings is 1. The number of nitrogens with one attached hydrogen (secondary N) is 2. The van der Waals surface area contributed by atoms with Gasteiger partial charge in [0, 0.05) is 17.8 Å². The van der Waals surface area contributed by atoms with Gasteiger partial charge in [-0.1, -0.05) is 52.8 Å². The van der Waals surface area contributed by atoms with E-state index in [1.165, 1.54) is 12.1 Å². The fourth-order valence-corrected chi connectivity index (χ4v) is 2.79. The van der Waals surface area contributed by atoms with Crippen molar-refractivity contribution in [2.75, 3.05) is 5.32 Å². The molecule has 1 aromatic carbocycles. The molecule has 2 N–H and O–H groups in total. The number of aryl methyl sites for hydroxylation is 2. The molecule has 0 fully saturated rings. The number of H-pyrrole nitrogens is 1. The fraction of sp³-hybridized carbons (Fsp3) is 0.400. The van der Waals surface area contributed by atoms with Crippen LogP contribution in [0, 0.1) is 26.6 Å². The summed E-state index contributed by atoms with van der Waals surface area (Å²) in [5, 5.41) is 2.93. The molecule has 1 aromatic heterocycles. The molecule has 0 saturated carbocycles. The molecule has 3 nitrogen and oxygen atoms in total. The number of aromatic nitrogens is 1. The third kappa shape index (κ3) is 7.04. The predicted octanol–water partition coefficient (Wildman–Crippen LogP) is 7.60. The molecule has 0 aliphatic carbocycles. The Morgan fingerprint density at radius 1 is 1.17 bits per heavy atom. The second-order valence-electron chi connectivity index (χ2n) is 6.36. The van der Waals surface area contributed by atoms with E-state index in [2.05, 4.69) is 16.9 Å². The first-order chi connectivity index (χ1) is 13.7. The minimum atomic E-state index is -0.275. The minimum Gasteiger partial charge on any atom is -0.357 e. The highest BCUT2D eigenvalue weighted by molar-refractivity contribution is 5.95. The maximum atomic E-state index is 13.7. The molecule has 0 unspecified atom stereocenters. The Labute approximate surface area is 176 Å². The van der Waals surface area contributed by atoms with Crippen LogP contribution in [0.15, 0.2) is 30.4 Å². The van der Waals surface area contributed by atoms with Gasteiger partial charge in [0.1, 0.15) is 5.82 Å². The Hall–Kier alpha value is -2.62. The number of anilines is 1. The summed E-state index contributed by atoms with van der Waals surface area (Å²) in [5.74, 6) is -0.301. The second-order valence-corrected chi connectivity index (χ2v) is 6.36. The number of halogens is 1. The highest BCUT2D eigenvalue weighted by atomic mass is 19.1. The first-order valence-corrected chi connectivity index (χ1v) is 10.4. The van der Waals surface area contributed by atoms with Crippen molar-refractivity contribution in [1.82, 2.24) is 4.98 Å². The van der Waals surface area contributed by atoms with Crippen molar-refractivity contribution in [3.05, 3.63) is 64.2 Å². The van der Waals surface area contributed by atoms with Crippen LogP contribution in [0.5, 0.6) is 0 Å². The molecule has 0 bridgehead atoms. The molecule has 0 spiro atoms. The third-order valence-corrected chi connectivity index (χ3v) is 4.30. The van der Waals surface area contributed by atoms with Gasteiger partial charge in [-0.15, -0.1) is 0 Å². The van der Waals surface area contributed by atoms with Crippen molar-refractivity contribution in [2.45, 2.75) is 68.7 Å². The Bertz CT molecular complexity index is 860. The van der Waals surface area contributed by atoms with Crippen LogP contribution in [-0.2, 0) is 4.79 Å². The first-order valence-electron chi connectivity index (χ1n) is 10.4. The van der Waals surface area contributed by atoms with Gasteiger partial charge in [-0.3, -0.25) is 4.79 Å². The summed E-state index contributed by atoms with van der Waals surface area (Å²) < 4.78 is 13.7. The average Bonchev–Trinajstić information content (AvgIpc) is 2.98. The molecule has 160 valence electrons. The summed E-state index contributed by atoms with van der Waals surface area (Å²) in [6.45, 7) is 21.6. The molecule has 2 aromatic rings. The van der Waals surface area contributed by atoms with Crippen LogP contribution < -0.4 is 5.32 Å². The number of allylic oxidation sites excluding steroid dienone is 2. The lowest BCUT2D eigenvalue weighted by Gasteiger charge is -2.11. The number of aromatic amines is 1. The van der Waals surface area contributed by atoms with E-state index in [1.807, 2.05) is 68.4 Å². The number of hydrogen-bond donors (Lipinski definition) is 2. The number of carbonyl (C=O) groups excluding carboxylic acids is 1. The molecule has 1 heterocycles. The number of carbonyl (C=O) groups is 1. The van der Waals surface area contributed by atoms with Crippen molar-refractivity contribution >= 4 is 23.2 Å². The number of hydrogen-bond acceptors (Lipinski definition) is 1. The lowest BCUT2D eigenvalue weighted by atomic mass is 9.94. The molecule has 2 rings (SSSR count). The summed E-state index contributed by atoms with van der Waals surface area (Å²) >= 11 is 0. The maximum Gasteiger partial charge on any atom is 0.224 e. The maximum absolute atomic E-state index is 13.7. The summed E-state index contributed by atoms with van der Waals surface area (Å²) in [4.78, 5) is 15.0. The Morgan fingerprint density at radius 3 is 2.28 bits per heavy atom. The zero-order valence-electron chi connectivity index (χ0n) is 19.5. The zero-order chi connectivity index (χ0) is 22.7. The largest absolute Gasteiger partial charge is 0.357 e. The van der Waals surface area contributed by atoms with E-state index in [9.17, 15) is 9.18 Å². The van der Waals surface area contributed by atoms with Crippen molar-refractivity contribution in [2.24, 2.45) is 0 Å². The normalized spacial score (nSPS) is 10.3. The summed E-state index contributed by atoms with van der Waals surface area (Å²) in [5.41, 5.74) is 7.04. The number of rotatable bonds is 5. The standard InChI is InChI=1S/C21H25FN2O.2C2H6/c1-7-20(25)24-21-14(5)19(23-15(21)6)11-17(12(2)3)18-10-16(22)9-8-13(18)4;2*1-2/h8-11,23H,2,7H2,1,3-6H3,(H,24,25);2*1-2H3/b17-11+;;. The first kappa shape index (κ1) is 26.4. The Balaban J connectivity index is 0.00000184. The van der Waals surface area contributed by atoms with Crippen LogP contribution in [-0.4, -0.2) is 10.9 Å². The summed E-state index contributed by atoms with van der Waals surface area (Å²) in [7, 11) is 0. The lowest BCUT2D eigenvalue weighted by Crippen LogP contribution is -2.10. The lowest BCUT2D eigenvalue weighted by molar-refractivity contribution is -0.115. The topological polar surface area (TPSA) is 44.9 Å². The van der Waals surface area contributed by atoms with Gasteiger partial charge in [0.05, 0.1) is 5.69 Å². The van der Waals surface area contributed by atoms with Crippen LogP contribution in [0.4, 0.5) is 10.1 Å². The van der Waals surface area contributed by atoms with Crippen molar-refractivity contribution in [3.63, 3.8) is 0 Å². The average molecular weight is 401 g/mol. The van der Waals surface area contributed by atoms with Crippen LogP contribution in [0.1, 0.15) is 76.0 Å². The van der Waals surface area contributed by atoms with Gasteiger partial charge in [0.25, 0.3) is 0 Å². The van der Waals surface area contributed by atoms with Gasteiger partial charge in [0.2, 0.25) is 5.91 Å². The van der Waals surface area contributed by atoms with E-state index in [0.29, 0.717) is 6.42 Å². The van der Waals surface area contributed by atoms with Gasteiger partial charge < -0.3 is 10.3 Å². The molecule has 0 radical (unpaired) electrons. The monoisotopic (exact) mass is 400 g/mol. The van der Waals surface area contributed by atoms with Gasteiger partial charge in [0.15, 0.2) is 0 Å². The summed E-state index contributed by atoms with van der Waals surface area (Å²) in [6, 6.07) is 4.75. The molecule has 1 amide bonds. The van der Waals surface area contributed by atoms with Gasteiger partial charge >= 0.3 is 0 Å². The molecule has 0 aliphatic heterocycles. The van der Waals surface area contributed by atoms with Crippen molar-refractivity contribution in [1.29, 1.82) is 0 Å². The number of amides is 1. The predicted molar refractivity (Wildman–Crippen MR) is 126 cm³/mol. The quantitative estimate of drug-likeness (QED) is 0.499. The van der Waals surface area contributed by atoms with Crippen LogP contribution >= 0.6 is 0 Å². The highest BCUT2D eigenvalue weighted by Crippen LogP contribution is 2.31. The zero-order valence-corrected chi connectivity index (χ0v) is 19.5. The Kier molecular flexibility index (Phi) is 11.6. The van der Waals surface area contributed by atoms with E-state index in [0.717, 1.165) is 44.9 Å². The molecular formula is C25H37FN2O. The summed E-state index contributed by atoms with van der Waals surface area (Å²) in [6.07, 6.45) is 2.39. The van der Waals surface area contributed by atoms with E-state index in [-0.39, 0.29) is 11.7 Å². The fourth-order valence-electron chi connectivity index (χ4n) is 2.79. The van der Waals surface area contributed by atoms with Crippen LogP contribution in [0.25, 0.3) is 11.6 Å². The molecular weight excluding hydrogens is 363 g/mol. The van der Waals surface area contributed by atoms with Gasteiger partial charge in [-0.25, -0.2) is 4.39 Å². The van der Waals surface area contributed by atoms with E-state index < -0.39 is 0 Å². The second kappa shape index (κ2) is 12.8. The van der Waals surface area contributed by atoms with Crippen molar-refractivity contribution < 1.29 is 9.18 Å². The van der Waals surface area contributed by atoms with Crippen molar-refractivity contribution in [3.8, 4) is 0 Å². The highest BCUT2D eigenvalue weighted by Gasteiger charge is 2.14. The van der Waals surface area contributed by atoms with E-state index in [4.69, 9.17) is 0 Å². The molecule has 0 saturated heterocycles. The van der Waals surface area contributed by atoms with E-state index >= 15 is 0 Å².